The van der Waals surface area contributed by atoms with Gasteiger partial charge in [-0.2, -0.15) is 0 Å². The van der Waals surface area contributed by atoms with E-state index in [0.29, 0.717) is 0 Å². The number of carbonyl (C=O) groups excluding carboxylic acids is 1. The number of alkyl halides is 3. The molecule has 0 aromatic heterocycles. The molecule has 2 saturated heterocycles. The quantitative estimate of drug-likeness (QED) is 0.0526. The highest BCUT2D eigenvalue weighted by atomic mass is 35.5. The fourth-order valence-corrected chi connectivity index (χ4v) is 5.46. The van der Waals surface area contributed by atoms with Gasteiger partial charge in [0, 0.05) is 6.42 Å². The Kier molecular flexibility index (Phi) is 15.5. The maximum Gasteiger partial charge on any atom is 0.309 e. The van der Waals surface area contributed by atoms with E-state index in [9.17, 15) is 50.4 Å². The highest BCUT2D eigenvalue weighted by Gasteiger charge is 2.58. The molecular formula is C24H39Cl3O16. The van der Waals surface area contributed by atoms with Gasteiger partial charge in [0.2, 0.25) is 5.79 Å². The zero-order valence-corrected chi connectivity index (χ0v) is 25.0. The van der Waals surface area contributed by atoms with Gasteiger partial charge in [0.25, 0.3) is 0 Å². The molecule has 2 aliphatic rings. The average molecular weight is 690 g/mol. The molecule has 10 N–H and O–H groups in total. The van der Waals surface area contributed by atoms with Gasteiger partial charge in [-0.3, -0.25) is 9.59 Å². The van der Waals surface area contributed by atoms with Crippen molar-refractivity contribution in [2.45, 2.75) is 104 Å². The van der Waals surface area contributed by atoms with Crippen molar-refractivity contribution in [1.82, 2.24) is 0 Å². The van der Waals surface area contributed by atoms with Crippen molar-refractivity contribution < 1.29 is 79.6 Å². The molecule has 0 bridgehead atoms. The second kappa shape index (κ2) is 17.3. The first kappa shape index (κ1) is 38.5. The molecule has 0 aliphatic carbocycles. The van der Waals surface area contributed by atoms with Crippen LogP contribution in [0.5, 0.6) is 0 Å². The highest BCUT2D eigenvalue weighted by molar-refractivity contribution is 6.21. The van der Waals surface area contributed by atoms with Gasteiger partial charge in [-0.1, -0.05) is 0 Å². The van der Waals surface area contributed by atoms with Crippen LogP contribution in [0.4, 0.5) is 0 Å². The summed E-state index contributed by atoms with van der Waals surface area (Å²) in [6.07, 6.45) is -19.7. The average Bonchev–Trinajstić information content (AvgIpc) is 3.23. The first-order valence-corrected chi connectivity index (χ1v) is 14.8. The summed E-state index contributed by atoms with van der Waals surface area (Å²) < 4.78 is 21.9. The van der Waals surface area contributed by atoms with Crippen LogP contribution in [0, 0.1) is 5.92 Å². The molecule has 0 amide bonds. The van der Waals surface area contributed by atoms with Gasteiger partial charge in [-0.15, -0.1) is 34.8 Å². The number of hydrogen-bond acceptors (Lipinski definition) is 15. The Morgan fingerprint density at radius 1 is 0.930 bits per heavy atom. The van der Waals surface area contributed by atoms with E-state index in [4.69, 9.17) is 64.0 Å². The van der Waals surface area contributed by atoms with Gasteiger partial charge in [0.1, 0.15) is 61.5 Å². The SMILES string of the molecule is O=C(O)CCCC(C[C@@H](O)[C@@H](O)[C@H](O)C(O)CO)C(=O)OC[C@H]1O[C@H](O[C@]2(CCl)O[C@@H](CCl)C(O)C2O)[C@H](O)[C@@H](O)[C@H]1Cl. The van der Waals surface area contributed by atoms with Gasteiger partial charge in [-0.05, 0) is 19.3 Å². The van der Waals surface area contributed by atoms with Crippen molar-refractivity contribution in [2.75, 3.05) is 25.0 Å². The summed E-state index contributed by atoms with van der Waals surface area (Å²) in [6, 6.07) is 0. The van der Waals surface area contributed by atoms with Gasteiger partial charge < -0.3 is 70.0 Å². The van der Waals surface area contributed by atoms with Crippen LogP contribution in [0.1, 0.15) is 25.7 Å². The minimum absolute atomic E-state index is 0.0450. The molecule has 0 aromatic rings. The number of rotatable bonds is 17. The maximum atomic E-state index is 13.0. The van der Waals surface area contributed by atoms with E-state index >= 15 is 0 Å². The molecular weight excluding hydrogens is 651 g/mol. The molecule has 0 saturated carbocycles. The molecule has 43 heavy (non-hydrogen) atoms. The molecule has 4 unspecified atom stereocenters. The third-order valence-electron chi connectivity index (χ3n) is 7.30. The van der Waals surface area contributed by atoms with E-state index in [-0.39, 0.29) is 25.1 Å². The van der Waals surface area contributed by atoms with Crippen molar-refractivity contribution in [3.05, 3.63) is 0 Å². The molecule has 0 spiro atoms. The van der Waals surface area contributed by atoms with Crippen molar-refractivity contribution in [1.29, 1.82) is 0 Å². The number of halogens is 3. The van der Waals surface area contributed by atoms with Crippen LogP contribution in [-0.2, 0) is 28.5 Å². The number of ether oxygens (including phenoxy) is 4. The number of carboxylic acid groups (broad SMARTS) is 1. The number of carboxylic acids is 1. The summed E-state index contributed by atoms with van der Waals surface area (Å²) in [7, 11) is 0. The molecule has 14 atom stereocenters. The Bertz CT molecular complexity index is 890. The second-order valence-corrected chi connectivity index (χ2v) is 11.5. The molecule has 2 aliphatic heterocycles. The lowest BCUT2D eigenvalue weighted by molar-refractivity contribution is -0.357. The molecule has 252 valence electrons. The summed E-state index contributed by atoms with van der Waals surface area (Å²) in [4.78, 5) is 23.9. The Balaban J connectivity index is 2.13. The smallest absolute Gasteiger partial charge is 0.309 e. The van der Waals surface area contributed by atoms with Crippen LogP contribution >= 0.6 is 34.8 Å². The molecule has 2 fully saturated rings. The first-order valence-electron chi connectivity index (χ1n) is 13.3. The standard InChI is InChI=1S/C24H39Cl3O16/c25-5-12-18(35)21(38)24(8-26,42-12)43-23-20(37)19(36)15(27)13(41-23)7-40-22(39)9(2-1-3-14(31)32)4-10(29)16(33)17(34)11(30)6-28/h9-13,15-21,23,28-30,33-38H,1-8H2,(H,31,32)/t9?,10-,11?,12+,13-,15+,16-,17-,18?,19+,20-,21?,23-,24+/m1/s1. The Morgan fingerprint density at radius 2 is 1.56 bits per heavy atom. The van der Waals surface area contributed by atoms with Crippen LogP contribution in [0.15, 0.2) is 0 Å². The molecule has 2 rings (SSSR count). The van der Waals surface area contributed by atoms with Gasteiger partial charge >= 0.3 is 11.9 Å². The largest absolute Gasteiger partial charge is 0.481 e. The van der Waals surface area contributed by atoms with Crippen LogP contribution in [0.25, 0.3) is 0 Å². The Labute approximate surface area is 261 Å². The topological polar surface area (TPSA) is 273 Å². The monoisotopic (exact) mass is 688 g/mol. The first-order chi connectivity index (χ1) is 20.1. The van der Waals surface area contributed by atoms with E-state index in [0.717, 1.165) is 0 Å². The number of aliphatic carboxylic acids is 1. The second-order valence-electron chi connectivity index (χ2n) is 10.4. The van der Waals surface area contributed by atoms with E-state index in [2.05, 4.69) is 0 Å². The van der Waals surface area contributed by atoms with Crippen molar-refractivity contribution in [3.8, 4) is 0 Å². The number of aliphatic hydroxyl groups is 9. The third-order valence-corrected chi connectivity index (χ3v) is 8.51. The fraction of sp³-hybridized carbons (Fsp3) is 0.917. The molecule has 16 nitrogen and oxygen atoms in total. The van der Waals surface area contributed by atoms with Crippen LogP contribution in [0.2, 0.25) is 0 Å². The van der Waals surface area contributed by atoms with E-state index in [1.165, 1.54) is 0 Å². The summed E-state index contributed by atoms with van der Waals surface area (Å²) in [5.41, 5.74) is 0. The van der Waals surface area contributed by atoms with E-state index in [1.54, 1.807) is 0 Å². The third kappa shape index (κ3) is 9.67. The number of hydrogen-bond donors (Lipinski definition) is 10. The summed E-state index contributed by atoms with van der Waals surface area (Å²) in [5, 5.41) is 98.1. The lowest BCUT2D eigenvalue weighted by atomic mass is 9.91. The number of aliphatic hydroxyl groups excluding tert-OH is 9. The summed E-state index contributed by atoms with van der Waals surface area (Å²) in [6.45, 7) is -1.59. The Hall–Kier alpha value is -0.670. The predicted octanol–water partition coefficient (Wildman–Crippen LogP) is -3.41. The fourth-order valence-electron chi connectivity index (χ4n) is 4.65. The number of esters is 1. The van der Waals surface area contributed by atoms with Crippen molar-refractivity contribution in [2.24, 2.45) is 5.92 Å². The van der Waals surface area contributed by atoms with Gasteiger partial charge in [0.05, 0.1) is 35.8 Å². The zero-order chi connectivity index (χ0) is 32.6. The molecule has 0 radical (unpaired) electrons. The molecule has 0 aromatic carbocycles. The van der Waals surface area contributed by atoms with Crippen LogP contribution in [-0.4, -0.2) is 166 Å². The lowest BCUT2D eigenvalue weighted by Gasteiger charge is -2.43. The van der Waals surface area contributed by atoms with Gasteiger partial charge in [-0.25, -0.2) is 0 Å². The van der Waals surface area contributed by atoms with Crippen LogP contribution < -0.4 is 0 Å². The number of carbonyl (C=O) groups is 2. The summed E-state index contributed by atoms with van der Waals surface area (Å²) in [5.74, 6) is -6.35. The minimum Gasteiger partial charge on any atom is -0.481 e. The van der Waals surface area contributed by atoms with E-state index in [1.807, 2.05) is 0 Å². The maximum absolute atomic E-state index is 13.0. The minimum atomic E-state index is -2.12. The molecule has 19 heteroatoms. The van der Waals surface area contributed by atoms with Crippen LogP contribution in [0.3, 0.4) is 0 Å². The summed E-state index contributed by atoms with van der Waals surface area (Å²) >= 11 is 17.9. The van der Waals surface area contributed by atoms with Gasteiger partial charge in [0.15, 0.2) is 6.29 Å². The zero-order valence-electron chi connectivity index (χ0n) is 22.7. The van der Waals surface area contributed by atoms with Crippen molar-refractivity contribution in [3.63, 3.8) is 0 Å². The van der Waals surface area contributed by atoms with Crippen molar-refractivity contribution >= 4 is 46.7 Å². The molecule has 2 heterocycles. The highest BCUT2D eigenvalue weighted by Crippen LogP contribution is 2.38. The predicted molar refractivity (Wildman–Crippen MR) is 144 cm³/mol. The van der Waals surface area contributed by atoms with E-state index < -0.39 is 122 Å². The Morgan fingerprint density at radius 3 is 2.09 bits per heavy atom. The normalized spacial score (nSPS) is 36.5. The lowest BCUT2D eigenvalue weighted by Crippen LogP contribution is -2.61.